The zero-order valence-electron chi connectivity index (χ0n) is 14.7. The zero-order chi connectivity index (χ0) is 20.0. The molecule has 0 aliphatic rings. The van der Waals surface area contributed by atoms with Gasteiger partial charge in [0, 0.05) is 30.3 Å². The molecule has 0 bridgehead atoms. The molecule has 0 heterocycles. The van der Waals surface area contributed by atoms with Crippen molar-refractivity contribution in [3.63, 3.8) is 0 Å². The summed E-state index contributed by atoms with van der Waals surface area (Å²) in [5.74, 6) is -1.96. The highest BCUT2D eigenvalue weighted by molar-refractivity contribution is 6.39. The molecule has 1 unspecified atom stereocenters. The molecule has 0 aromatic heterocycles. The molecule has 0 radical (unpaired) electrons. The van der Waals surface area contributed by atoms with Crippen molar-refractivity contribution < 1.29 is 19.2 Å². The molecule has 0 saturated carbocycles. The Morgan fingerprint density at radius 2 is 1.93 bits per heavy atom. The summed E-state index contributed by atoms with van der Waals surface area (Å²) in [5, 5.41) is 16.3. The summed E-state index contributed by atoms with van der Waals surface area (Å²) in [7, 11) is 1.45. The summed E-state index contributed by atoms with van der Waals surface area (Å²) in [5.41, 5.74) is 0.977. The normalized spacial score (nSPS) is 11.5. The second-order valence-electron chi connectivity index (χ2n) is 5.69. The van der Waals surface area contributed by atoms with Crippen LogP contribution in [0, 0.1) is 17.0 Å². The third-order valence-corrected chi connectivity index (χ3v) is 4.13. The van der Waals surface area contributed by atoms with Crippen LogP contribution in [0.4, 0.5) is 11.4 Å². The standard InChI is InChI=1S/C18H18ClN3O5/c1-11-7-8-14(15(9-11)22(25)26)21-18(24)17(23)20-10-16(27-2)12-5-3-4-6-13(12)19/h3-9,16H,10H2,1-2H3,(H,20,23)(H,21,24). The molecule has 27 heavy (non-hydrogen) atoms. The monoisotopic (exact) mass is 391 g/mol. The van der Waals surface area contributed by atoms with E-state index in [2.05, 4.69) is 10.6 Å². The molecule has 2 rings (SSSR count). The highest BCUT2D eigenvalue weighted by Crippen LogP contribution is 2.26. The number of methoxy groups -OCH3 is 1. The summed E-state index contributed by atoms with van der Waals surface area (Å²) in [6.07, 6.45) is -0.552. The Hall–Kier alpha value is -2.97. The van der Waals surface area contributed by atoms with Gasteiger partial charge >= 0.3 is 11.8 Å². The average molecular weight is 392 g/mol. The summed E-state index contributed by atoms with van der Waals surface area (Å²) in [4.78, 5) is 34.6. The van der Waals surface area contributed by atoms with Gasteiger partial charge in [0.1, 0.15) is 11.8 Å². The molecule has 0 saturated heterocycles. The molecular formula is C18H18ClN3O5. The number of hydrogen-bond donors (Lipinski definition) is 2. The molecule has 2 aromatic rings. The molecule has 142 valence electrons. The maximum Gasteiger partial charge on any atom is 0.313 e. The number of hydrogen-bond acceptors (Lipinski definition) is 5. The van der Waals surface area contributed by atoms with E-state index in [9.17, 15) is 19.7 Å². The van der Waals surface area contributed by atoms with Crippen molar-refractivity contribution in [2.75, 3.05) is 19.0 Å². The van der Waals surface area contributed by atoms with Crippen LogP contribution < -0.4 is 10.6 Å². The maximum atomic E-state index is 12.1. The van der Waals surface area contributed by atoms with Crippen molar-refractivity contribution in [1.29, 1.82) is 0 Å². The molecule has 2 N–H and O–H groups in total. The lowest BCUT2D eigenvalue weighted by atomic mass is 10.1. The minimum absolute atomic E-state index is 0.00246. The Bertz CT molecular complexity index is 872. The molecule has 2 amide bonds. The van der Waals surface area contributed by atoms with E-state index in [1.807, 2.05) is 0 Å². The number of carbonyl (C=O) groups is 2. The van der Waals surface area contributed by atoms with Crippen LogP contribution in [0.2, 0.25) is 5.02 Å². The van der Waals surface area contributed by atoms with Crippen LogP contribution in [-0.2, 0) is 14.3 Å². The van der Waals surface area contributed by atoms with Crippen molar-refractivity contribution in [3.8, 4) is 0 Å². The second-order valence-corrected chi connectivity index (χ2v) is 6.09. The van der Waals surface area contributed by atoms with E-state index in [1.165, 1.54) is 19.2 Å². The Morgan fingerprint density at radius 3 is 2.56 bits per heavy atom. The number of ether oxygens (including phenoxy) is 1. The van der Waals surface area contributed by atoms with Crippen LogP contribution in [0.25, 0.3) is 0 Å². The third kappa shape index (κ3) is 5.25. The summed E-state index contributed by atoms with van der Waals surface area (Å²) in [6, 6.07) is 11.3. The number of nitrogens with one attached hydrogen (secondary N) is 2. The SMILES string of the molecule is COC(CNC(=O)C(=O)Nc1ccc(C)cc1[N+](=O)[O-])c1ccccc1Cl. The maximum absolute atomic E-state index is 12.1. The predicted molar refractivity (Wildman–Crippen MR) is 101 cm³/mol. The summed E-state index contributed by atoms with van der Waals surface area (Å²) in [6.45, 7) is 1.69. The Morgan fingerprint density at radius 1 is 1.22 bits per heavy atom. The number of halogens is 1. The van der Waals surface area contributed by atoms with Crippen LogP contribution in [0.3, 0.4) is 0 Å². The first kappa shape index (κ1) is 20.3. The van der Waals surface area contributed by atoms with Gasteiger partial charge in [0.25, 0.3) is 5.69 Å². The molecular weight excluding hydrogens is 374 g/mol. The van der Waals surface area contributed by atoms with Gasteiger partial charge in [-0.25, -0.2) is 0 Å². The summed E-state index contributed by atoms with van der Waals surface area (Å²) < 4.78 is 5.31. The molecule has 0 spiro atoms. The first-order valence-corrected chi connectivity index (χ1v) is 8.32. The van der Waals surface area contributed by atoms with Gasteiger partial charge in [-0.15, -0.1) is 0 Å². The van der Waals surface area contributed by atoms with Crippen molar-refractivity contribution in [1.82, 2.24) is 5.32 Å². The predicted octanol–water partition coefficient (Wildman–Crippen LogP) is 3.00. The highest BCUT2D eigenvalue weighted by atomic mass is 35.5. The lowest BCUT2D eigenvalue weighted by Gasteiger charge is -2.17. The molecule has 2 aromatic carbocycles. The van der Waals surface area contributed by atoms with Crippen LogP contribution in [0.1, 0.15) is 17.2 Å². The lowest BCUT2D eigenvalue weighted by Crippen LogP contribution is -2.38. The van der Waals surface area contributed by atoms with E-state index in [4.69, 9.17) is 16.3 Å². The van der Waals surface area contributed by atoms with Crippen LogP contribution in [-0.4, -0.2) is 30.4 Å². The first-order valence-electron chi connectivity index (χ1n) is 7.95. The van der Waals surface area contributed by atoms with Crippen LogP contribution >= 0.6 is 11.6 Å². The Kier molecular flexibility index (Phi) is 6.86. The van der Waals surface area contributed by atoms with E-state index in [0.717, 1.165) is 0 Å². The van der Waals surface area contributed by atoms with E-state index in [1.54, 1.807) is 37.3 Å². The average Bonchev–Trinajstić information content (AvgIpc) is 2.64. The smallest absolute Gasteiger partial charge is 0.313 e. The zero-order valence-corrected chi connectivity index (χ0v) is 15.4. The van der Waals surface area contributed by atoms with Crippen molar-refractivity contribution in [3.05, 3.63) is 68.7 Å². The van der Waals surface area contributed by atoms with Gasteiger partial charge in [0.15, 0.2) is 0 Å². The largest absolute Gasteiger partial charge is 0.375 e. The van der Waals surface area contributed by atoms with Gasteiger partial charge in [-0.1, -0.05) is 35.9 Å². The molecule has 0 fully saturated rings. The van der Waals surface area contributed by atoms with Gasteiger partial charge < -0.3 is 15.4 Å². The van der Waals surface area contributed by atoms with E-state index in [0.29, 0.717) is 16.1 Å². The number of anilines is 1. The number of nitro groups is 1. The number of nitrogens with zero attached hydrogens (tertiary/aromatic N) is 1. The fraction of sp³-hybridized carbons (Fsp3) is 0.222. The quantitative estimate of drug-likeness (QED) is 0.446. The molecule has 0 aliphatic heterocycles. The fourth-order valence-corrected chi connectivity index (χ4v) is 2.66. The van der Waals surface area contributed by atoms with Crippen molar-refractivity contribution >= 4 is 34.8 Å². The second kappa shape index (κ2) is 9.11. The number of carbonyl (C=O) groups excluding carboxylic acids is 2. The number of rotatable bonds is 6. The summed E-state index contributed by atoms with van der Waals surface area (Å²) >= 11 is 6.11. The van der Waals surface area contributed by atoms with E-state index in [-0.39, 0.29) is 17.9 Å². The Labute approximate surface area is 160 Å². The fourth-order valence-electron chi connectivity index (χ4n) is 2.40. The number of nitro benzene ring substituents is 1. The lowest BCUT2D eigenvalue weighted by molar-refractivity contribution is -0.384. The minimum Gasteiger partial charge on any atom is -0.375 e. The van der Waals surface area contributed by atoms with Crippen molar-refractivity contribution in [2.45, 2.75) is 13.0 Å². The van der Waals surface area contributed by atoms with Gasteiger partial charge in [0.2, 0.25) is 0 Å². The van der Waals surface area contributed by atoms with Gasteiger partial charge in [-0.2, -0.15) is 0 Å². The van der Waals surface area contributed by atoms with Crippen LogP contribution in [0.15, 0.2) is 42.5 Å². The first-order chi connectivity index (χ1) is 12.8. The number of amides is 2. The van der Waals surface area contributed by atoms with Crippen molar-refractivity contribution in [2.24, 2.45) is 0 Å². The molecule has 8 nitrogen and oxygen atoms in total. The van der Waals surface area contributed by atoms with Crippen LogP contribution in [0.5, 0.6) is 0 Å². The molecule has 9 heteroatoms. The molecule has 1 atom stereocenters. The molecule has 0 aliphatic carbocycles. The van der Waals surface area contributed by atoms with E-state index < -0.39 is 22.8 Å². The number of benzene rings is 2. The van der Waals surface area contributed by atoms with Gasteiger partial charge in [-0.3, -0.25) is 19.7 Å². The van der Waals surface area contributed by atoms with Gasteiger partial charge in [-0.05, 0) is 24.6 Å². The highest BCUT2D eigenvalue weighted by Gasteiger charge is 2.22. The Balaban J connectivity index is 2.03. The third-order valence-electron chi connectivity index (χ3n) is 3.79. The van der Waals surface area contributed by atoms with E-state index >= 15 is 0 Å². The minimum atomic E-state index is -1.02. The topological polar surface area (TPSA) is 111 Å². The van der Waals surface area contributed by atoms with Gasteiger partial charge in [0.05, 0.1) is 4.92 Å². The number of aryl methyl sites for hydroxylation is 1.